The first-order valence-electron chi connectivity index (χ1n) is 6.58. The van der Waals surface area contributed by atoms with Gasteiger partial charge in [0.05, 0.1) is 0 Å². The maximum absolute atomic E-state index is 4.37. The lowest BCUT2D eigenvalue weighted by Crippen LogP contribution is -2.53. The molecule has 2 rings (SSSR count). The third kappa shape index (κ3) is 3.30. The van der Waals surface area contributed by atoms with Gasteiger partial charge < -0.3 is 14.8 Å². The predicted molar refractivity (Wildman–Crippen MR) is 70.0 cm³/mol. The van der Waals surface area contributed by atoms with Crippen molar-refractivity contribution >= 4 is 0 Å². The fraction of sp³-hybridized carbons (Fsp3) is 0.769. The van der Waals surface area contributed by atoms with Crippen molar-refractivity contribution in [2.45, 2.75) is 26.3 Å². The van der Waals surface area contributed by atoms with E-state index in [1.165, 1.54) is 12.4 Å². The van der Waals surface area contributed by atoms with Gasteiger partial charge in [-0.25, -0.2) is 4.98 Å². The van der Waals surface area contributed by atoms with Gasteiger partial charge in [0, 0.05) is 58.1 Å². The molecule has 17 heavy (non-hydrogen) atoms. The number of nitrogens with zero attached hydrogens (tertiary/aromatic N) is 3. The van der Waals surface area contributed by atoms with Gasteiger partial charge in [-0.15, -0.1) is 0 Å². The van der Waals surface area contributed by atoms with Crippen molar-refractivity contribution in [3.05, 3.63) is 18.2 Å². The van der Waals surface area contributed by atoms with Gasteiger partial charge in [-0.2, -0.15) is 0 Å². The monoisotopic (exact) mass is 236 g/mol. The highest BCUT2D eigenvalue weighted by atomic mass is 15.2. The summed E-state index contributed by atoms with van der Waals surface area (Å²) in [6.45, 7) is 9.15. The molecule has 0 bridgehead atoms. The lowest BCUT2D eigenvalue weighted by molar-refractivity contribution is 0.176. The molecule has 1 fully saturated rings. The number of aryl methyl sites for hydroxylation is 1. The molecule has 1 N–H and O–H groups in total. The fourth-order valence-electron chi connectivity index (χ4n) is 2.39. The summed E-state index contributed by atoms with van der Waals surface area (Å²) in [5, 5.41) is 3.59. The van der Waals surface area contributed by atoms with Gasteiger partial charge in [-0.3, -0.25) is 0 Å². The number of aromatic nitrogens is 2. The summed E-state index contributed by atoms with van der Waals surface area (Å²) in [5.41, 5.74) is 0. The average Bonchev–Trinajstić information content (AvgIpc) is 2.72. The van der Waals surface area contributed by atoms with E-state index in [1.807, 2.05) is 12.4 Å². The maximum atomic E-state index is 4.37. The highest BCUT2D eigenvalue weighted by Gasteiger charge is 2.21. The molecule has 1 atom stereocenters. The number of rotatable bonds is 4. The average molecular weight is 236 g/mol. The van der Waals surface area contributed by atoms with Gasteiger partial charge in [-0.1, -0.05) is 13.8 Å². The fourth-order valence-corrected chi connectivity index (χ4v) is 2.39. The first-order valence-corrected chi connectivity index (χ1v) is 6.58. The van der Waals surface area contributed by atoms with E-state index in [1.54, 1.807) is 0 Å². The van der Waals surface area contributed by atoms with Crippen molar-refractivity contribution < 1.29 is 0 Å². The van der Waals surface area contributed by atoms with Crippen LogP contribution in [0.15, 0.2) is 12.4 Å². The molecule has 0 saturated carbocycles. The Morgan fingerprint density at radius 2 is 2.35 bits per heavy atom. The normalized spacial score (nSPS) is 22.2. The molecule has 0 aliphatic carbocycles. The van der Waals surface area contributed by atoms with Crippen molar-refractivity contribution in [2.24, 2.45) is 13.0 Å². The molecule has 1 aromatic heterocycles. The topological polar surface area (TPSA) is 33.1 Å². The highest BCUT2D eigenvalue weighted by molar-refractivity contribution is 4.92. The second-order valence-corrected chi connectivity index (χ2v) is 5.31. The summed E-state index contributed by atoms with van der Waals surface area (Å²) >= 11 is 0. The van der Waals surface area contributed by atoms with E-state index in [4.69, 9.17) is 0 Å². The van der Waals surface area contributed by atoms with E-state index < -0.39 is 0 Å². The number of nitrogens with one attached hydrogen (secondary N) is 1. The minimum Gasteiger partial charge on any atom is -0.338 e. The Hall–Kier alpha value is -0.870. The minimum absolute atomic E-state index is 0.644. The van der Waals surface area contributed by atoms with Crippen LogP contribution in [-0.2, 0) is 13.5 Å². The molecule has 0 amide bonds. The van der Waals surface area contributed by atoms with E-state index in [-0.39, 0.29) is 0 Å². The molecule has 0 spiro atoms. The zero-order valence-corrected chi connectivity index (χ0v) is 11.2. The first-order chi connectivity index (χ1) is 8.16. The van der Waals surface area contributed by atoms with Crippen LogP contribution in [0.4, 0.5) is 0 Å². The third-order valence-electron chi connectivity index (χ3n) is 3.67. The van der Waals surface area contributed by atoms with Crippen LogP contribution in [0.1, 0.15) is 19.7 Å². The second-order valence-electron chi connectivity index (χ2n) is 5.31. The van der Waals surface area contributed by atoms with Crippen LogP contribution in [0.5, 0.6) is 0 Å². The first kappa shape index (κ1) is 12.6. The Labute approximate surface area is 104 Å². The summed E-state index contributed by atoms with van der Waals surface area (Å²) in [5.74, 6) is 1.90. The number of imidazole rings is 1. The van der Waals surface area contributed by atoms with Gasteiger partial charge >= 0.3 is 0 Å². The molecule has 4 heteroatoms. The van der Waals surface area contributed by atoms with Crippen molar-refractivity contribution in [1.82, 2.24) is 19.8 Å². The SMILES string of the molecule is CC(C)C1CN(CCc2nccn2C)CCN1. The van der Waals surface area contributed by atoms with Gasteiger partial charge in [-0.05, 0) is 5.92 Å². The van der Waals surface area contributed by atoms with Crippen molar-refractivity contribution in [3.63, 3.8) is 0 Å². The van der Waals surface area contributed by atoms with E-state index in [0.717, 1.165) is 26.1 Å². The van der Waals surface area contributed by atoms with E-state index >= 15 is 0 Å². The van der Waals surface area contributed by atoms with Gasteiger partial charge in [0.15, 0.2) is 0 Å². The molecule has 1 aliphatic heterocycles. The van der Waals surface area contributed by atoms with Crippen LogP contribution < -0.4 is 5.32 Å². The Kier molecular flexibility index (Phi) is 4.18. The van der Waals surface area contributed by atoms with Gasteiger partial charge in [0.1, 0.15) is 5.82 Å². The number of hydrogen-bond acceptors (Lipinski definition) is 3. The van der Waals surface area contributed by atoms with Crippen LogP contribution >= 0.6 is 0 Å². The van der Waals surface area contributed by atoms with Crippen LogP contribution in [0.3, 0.4) is 0 Å². The van der Waals surface area contributed by atoms with Crippen molar-refractivity contribution in [2.75, 3.05) is 26.2 Å². The molecule has 1 aromatic rings. The summed E-state index contributed by atoms with van der Waals surface area (Å²) < 4.78 is 2.11. The predicted octanol–water partition coefficient (Wildman–Crippen LogP) is 0.892. The van der Waals surface area contributed by atoms with Crippen LogP contribution in [-0.4, -0.2) is 46.7 Å². The third-order valence-corrected chi connectivity index (χ3v) is 3.67. The van der Waals surface area contributed by atoms with Crippen molar-refractivity contribution in [1.29, 1.82) is 0 Å². The van der Waals surface area contributed by atoms with E-state index in [9.17, 15) is 0 Å². The largest absolute Gasteiger partial charge is 0.338 e. The lowest BCUT2D eigenvalue weighted by Gasteiger charge is -2.35. The van der Waals surface area contributed by atoms with Crippen LogP contribution in [0.25, 0.3) is 0 Å². The highest BCUT2D eigenvalue weighted by Crippen LogP contribution is 2.08. The van der Waals surface area contributed by atoms with Gasteiger partial charge in [0.2, 0.25) is 0 Å². The molecule has 0 radical (unpaired) electrons. The quantitative estimate of drug-likeness (QED) is 0.843. The Morgan fingerprint density at radius 1 is 1.53 bits per heavy atom. The van der Waals surface area contributed by atoms with Crippen LogP contribution in [0, 0.1) is 5.92 Å². The Morgan fingerprint density at radius 3 is 3.00 bits per heavy atom. The molecule has 1 saturated heterocycles. The van der Waals surface area contributed by atoms with Crippen LogP contribution in [0.2, 0.25) is 0 Å². The maximum Gasteiger partial charge on any atom is 0.109 e. The smallest absolute Gasteiger partial charge is 0.109 e. The summed E-state index contributed by atoms with van der Waals surface area (Å²) in [6, 6.07) is 0.644. The summed E-state index contributed by atoms with van der Waals surface area (Å²) in [4.78, 5) is 6.93. The molecular formula is C13H24N4. The zero-order chi connectivity index (χ0) is 12.3. The Bertz CT molecular complexity index is 345. The zero-order valence-electron chi connectivity index (χ0n) is 11.2. The number of piperazine rings is 1. The van der Waals surface area contributed by atoms with Gasteiger partial charge in [0.25, 0.3) is 0 Å². The summed E-state index contributed by atoms with van der Waals surface area (Å²) in [7, 11) is 2.07. The molecular weight excluding hydrogens is 212 g/mol. The molecule has 1 unspecified atom stereocenters. The second kappa shape index (κ2) is 5.65. The standard InChI is InChI=1S/C13H24N4/c1-11(2)12-10-17(9-6-14-12)7-4-13-15-5-8-16(13)3/h5,8,11-12,14H,4,6-7,9-10H2,1-3H3. The molecule has 1 aliphatic rings. The van der Waals surface area contributed by atoms with E-state index in [0.29, 0.717) is 12.0 Å². The van der Waals surface area contributed by atoms with E-state index in [2.05, 4.69) is 40.7 Å². The Balaban J connectivity index is 1.81. The van der Waals surface area contributed by atoms with Crippen molar-refractivity contribution in [3.8, 4) is 0 Å². The lowest BCUT2D eigenvalue weighted by atomic mass is 10.0. The molecule has 0 aromatic carbocycles. The molecule has 2 heterocycles. The molecule has 4 nitrogen and oxygen atoms in total. The number of hydrogen-bond donors (Lipinski definition) is 1. The molecule has 96 valence electrons. The summed E-state index contributed by atoms with van der Waals surface area (Å²) in [6.07, 6.45) is 4.95. The minimum atomic E-state index is 0.644.